The third kappa shape index (κ3) is 6.86. The number of amides is 1. The fraction of sp³-hybridized carbons (Fsp3) is 0.391. The van der Waals surface area contributed by atoms with Crippen LogP contribution in [0.1, 0.15) is 35.2 Å². The van der Waals surface area contributed by atoms with Crippen molar-refractivity contribution in [3.63, 3.8) is 0 Å². The molecule has 9 heteroatoms. The molecule has 0 aliphatic carbocycles. The van der Waals surface area contributed by atoms with E-state index < -0.39 is 11.7 Å². The smallest absolute Gasteiger partial charge is 0.342 e. The number of hydrogen-bond acceptors (Lipinski definition) is 8. The molecule has 32 heavy (non-hydrogen) atoms. The van der Waals surface area contributed by atoms with Crippen molar-refractivity contribution in [3.8, 4) is 11.5 Å². The van der Waals surface area contributed by atoms with Crippen LogP contribution in [-0.4, -0.2) is 66.5 Å². The van der Waals surface area contributed by atoms with E-state index in [0.29, 0.717) is 38.4 Å². The molecule has 1 fully saturated rings. The highest BCUT2D eigenvalue weighted by Gasteiger charge is 2.19. The molecule has 1 aromatic rings. The van der Waals surface area contributed by atoms with E-state index in [9.17, 15) is 19.8 Å². The average molecular weight is 444 g/mol. The number of fused-ring (bicyclic) bond motifs is 1. The van der Waals surface area contributed by atoms with E-state index in [0.717, 1.165) is 18.9 Å². The van der Waals surface area contributed by atoms with Gasteiger partial charge in [-0.3, -0.25) is 15.1 Å². The summed E-state index contributed by atoms with van der Waals surface area (Å²) in [4.78, 5) is 31.9. The van der Waals surface area contributed by atoms with Gasteiger partial charge >= 0.3 is 5.97 Å². The number of phenols is 2. The summed E-state index contributed by atoms with van der Waals surface area (Å²) in [5.74, 6) is -1.47. The van der Waals surface area contributed by atoms with E-state index >= 15 is 0 Å². The highest BCUT2D eigenvalue weighted by atomic mass is 16.6. The molecule has 2 heterocycles. The second-order valence-corrected chi connectivity index (χ2v) is 7.29. The summed E-state index contributed by atoms with van der Waals surface area (Å²) in [6, 6.07) is 2.42. The molecular formula is C23H28N2O7. The Labute approximate surface area is 186 Å². The minimum absolute atomic E-state index is 0.0686. The first-order valence-electron chi connectivity index (χ1n) is 10.5. The quantitative estimate of drug-likeness (QED) is 0.368. The van der Waals surface area contributed by atoms with Crippen molar-refractivity contribution in [2.24, 2.45) is 0 Å². The summed E-state index contributed by atoms with van der Waals surface area (Å²) >= 11 is 0. The molecule has 0 atom stereocenters. The van der Waals surface area contributed by atoms with Gasteiger partial charge in [-0.15, -0.1) is 0 Å². The van der Waals surface area contributed by atoms with Gasteiger partial charge in [-0.1, -0.05) is 18.2 Å². The van der Waals surface area contributed by atoms with Crippen molar-refractivity contribution in [1.82, 2.24) is 10.4 Å². The lowest BCUT2D eigenvalue weighted by atomic mass is 10.0. The SMILES string of the molecule is O=C1OCCC=CCC/C=C/C(NOCC(=O)N2CCOCC2)=C/c2cc(O)cc(O)c21. The van der Waals surface area contributed by atoms with Gasteiger partial charge in [-0.25, -0.2) is 4.79 Å². The number of nitrogens with one attached hydrogen (secondary N) is 1. The molecule has 3 N–H and O–H groups in total. The van der Waals surface area contributed by atoms with Crippen LogP contribution in [0.4, 0.5) is 0 Å². The van der Waals surface area contributed by atoms with E-state index in [-0.39, 0.29) is 36.0 Å². The first kappa shape index (κ1) is 23.4. The number of aromatic hydroxyl groups is 2. The lowest BCUT2D eigenvalue weighted by Gasteiger charge is -2.26. The van der Waals surface area contributed by atoms with Crippen molar-refractivity contribution in [2.45, 2.75) is 19.3 Å². The lowest BCUT2D eigenvalue weighted by molar-refractivity contribution is -0.142. The third-order valence-corrected chi connectivity index (χ3v) is 4.88. The fourth-order valence-corrected chi connectivity index (χ4v) is 3.26. The van der Waals surface area contributed by atoms with Crippen LogP contribution in [0.15, 0.2) is 42.1 Å². The predicted octanol–water partition coefficient (Wildman–Crippen LogP) is 2.27. The molecule has 0 unspecified atom stereocenters. The van der Waals surface area contributed by atoms with Crippen molar-refractivity contribution in [1.29, 1.82) is 0 Å². The van der Waals surface area contributed by atoms with Crippen LogP contribution in [-0.2, 0) is 19.1 Å². The molecule has 0 bridgehead atoms. The molecule has 0 radical (unpaired) electrons. The molecule has 1 saturated heterocycles. The van der Waals surface area contributed by atoms with Crippen LogP contribution in [0.5, 0.6) is 11.5 Å². The Balaban J connectivity index is 1.80. The molecular weight excluding hydrogens is 416 g/mol. The molecule has 172 valence electrons. The van der Waals surface area contributed by atoms with Gasteiger partial charge in [0.15, 0.2) is 6.61 Å². The highest BCUT2D eigenvalue weighted by Crippen LogP contribution is 2.29. The van der Waals surface area contributed by atoms with Gasteiger partial charge in [-0.05, 0) is 43.0 Å². The van der Waals surface area contributed by atoms with Gasteiger partial charge < -0.3 is 24.6 Å². The number of rotatable bonds is 4. The maximum atomic E-state index is 12.5. The van der Waals surface area contributed by atoms with Gasteiger partial charge in [0.2, 0.25) is 0 Å². The zero-order valence-electron chi connectivity index (χ0n) is 17.8. The Kier molecular flexibility index (Phi) is 8.70. The Morgan fingerprint density at radius 3 is 2.62 bits per heavy atom. The number of carbonyl (C=O) groups is 2. The van der Waals surface area contributed by atoms with E-state index in [1.165, 1.54) is 12.1 Å². The van der Waals surface area contributed by atoms with E-state index in [4.69, 9.17) is 14.3 Å². The number of carbonyl (C=O) groups excluding carboxylic acids is 2. The molecule has 1 aromatic carbocycles. The normalized spacial score (nSPS) is 20.3. The van der Waals surface area contributed by atoms with Gasteiger partial charge in [0.05, 0.1) is 25.5 Å². The summed E-state index contributed by atoms with van der Waals surface area (Å²) in [6.45, 7) is 2.03. The van der Waals surface area contributed by atoms with Gasteiger partial charge in [0.25, 0.3) is 5.91 Å². The number of phenolic OH excluding ortho intramolecular Hbond substituents is 2. The number of hydroxylamine groups is 1. The second kappa shape index (κ2) is 11.9. The van der Waals surface area contributed by atoms with Gasteiger partial charge in [-0.2, -0.15) is 0 Å². The maximum absolute atomic E-state index is 12.5. The predicted molar refractivity (Wildman–Crippen MR) is 117 cm³/mol. The summed E-state index contributed by atoms with van der Waals surface area (Å²) in [5, 5.41) is 20.2. The van der Waals surface area contributed by atoms with Crippen LogP contribution in [0.25, 0.3) is 6.08 Å². The number of benzene rings is 1. The number of nitrogens with zero attached hydrogens (tertiary/aromatic N) is 1. The minimum Gasteiger partial charge on any atom is -0.508 e. The topological polar surface area (TPSA) is 118 Å². The Morgan fingerprint density at radius 2 is 1.81 bits per heavy atom. The average Bonchev–Trinajstić information content (AvgIpc) is 2.77. The first-order valence-corrected chi connectivity index (χ1v) is 10.5. The molecule has 2 aliphatic rings. The second-order valence-electron chi connectivity index (χ2n) is 7.29. The summed E-state index contributed by atoms with van der Waals surface area (Å²) in [6.07, 6.45) is 11.3. The zero-order valence-corrected chi connectivity index (χ0v) is 17.8. The molecule has 1 amide bonds. The van der Waals surface area contributed by atoms with E-state index in [1.54, 1.807) is 11.0 Å². The van der Waals surface area contributed by atoms with Crippen LogP contribution in [0.2, 0.25) is 0 Å². The van der Waals surface area contributed by atoms with Crippen molar-refractivity contribution in [2.75, 3.05) is 39.5 Å². The minimum atomic E-state index is -0.703. The number of ether oxygens (including phenoxy) is 2. The standard InChI is InChI=1S/C23H28N2O7/c26-19-14-17-13-18(24-32-16-21(28)25-8-11-30-12-9-25)7-5-3-1-2-4-6-10-31-23(29)22(17)20(27)15-19/h2,4-5,7,13-15,24,26-27H,1,3,6,8-12,16H2/b4-2?,7-5+,18-13-. The van der Waals surface area contributed by atoms with E-state index in [2.05, 4.69) is 5.48 Å². The fourth-order valence-electron chi connectivity index (χ4n) is 3.26. The van der Waals surface area contributed by atoms with E-state index in [1.807, 2.05) is 18.2 Å². The van der Waals surface area contributed by atoms with Crippen LogP contribution in [0, 0.1) is 0 Å². The number of allylic oxidation sites excluding steroid dienone is 3. The highest BCUT2D eigenvalue weighted by molar-refractivity contribution is 5.97. The summed E-state index contributed by atoms with van der Waals surface area (Å²) in [5.41, 5.74) is 3.34. The van der Waals surface area contributed by atoms with Crippen molar-refractivity contribution in [3.05, 3.63) is 53.3 Å². The summed E-state index contributed by atoms with van der Waals surface area (Å²) < 4.78 is 10.5. The molecule has 0 spiro atoms. The van der Waals surface area contributed by atoms with Crippen LogP contribution < -0.4 is 5.48 Å². The zero-order chi connectivity index (χ0) is 22.8. The molecule has 2 aliphatic heterocycles. The Morgan fingerprint density at radius 1 is 1.06 bits per heavy atom. The van der Waals surface area contributed by atoms with Crippen LogP contribution >= 0.6 is 0 Å². The molecule has 0 saturated carbocycles. The number of morpholine rings is 1. The Bertz CT molecular complexity index is 902. The molecule has 0 aromatic heterocycles. The lowest BCUT2D eigenvalue weighted by Crippen LogP contribution is -2.43. The first-order chi connectivity index (χ1) is 15.5. The molecule has 9 nitrogen and oxygen atoms in total. The molecule has 3 rings (SSSR count). The monoisotopic (exact) mass is 444 g/mol. The number of hydrogen-bond donors (Lipinski definition) is 3. The van der Waals surface area contributed by atoms with Crippen molar-refractivity contribution < 1.29 is 34.1 Å². The van der Waals surface area contributed by atoms with Gasteiger partial charge in [0, 0.05) is 19.2 Å². The Hall–Kier alpha value is -3.30. The largest absolute Gasteiger partial charge is 0.508 e. The van der Waals surface area contributed by atoms with Crippen molar-refractivity contribution >= 4 is 18.0 Å². The third-order valence-electron chi connectivity index (χ3n) is 4.88. The maximum Gasteiger partial charge on any atom is 0.342 e. The number of esters is 1. The number of cyclic esters (lactones) is 1. The van der Waals surface area contributed by atoms with Crippen LogP contribution in [0.3, 0.4) is 0 Å². The summed E-state index contributed by atoms with van der Waals surface area (Å²) in [7, 11) is 0. The van der Waals surface area contributed by atoms with Gasteiger partial charge in [0.1, 0.15) is 17.1 Å².